The molecule has 0 unspecified atom stereocenters. The van der Waals surface area contributed by atoms with E-state index in [0.717, 1.165) is 0 Å². The van der Waals surface area contributed by atoms with Crippen LogP contribution in [0, 0.1) is 0 Å². The molecule has 1 aliphatic rings. The number of hydrogen-bond donors (Lipinski definition) is 0. The van der Waals surface area contributed by atoms with Crippen LogP contribution in [0.3, 0.4) is 0 Å². The summed E-state index contributed by atoms with van der Waals surface area (Å²) in [4.78, 5) is 41.4. The molecule has 1 heterocycles. The molecular weight excluding hydrogens is 334 g/mol. The van der Waals surface area contributed by atoms with Crippen molar-refractivity contribution in [3.8, 4) is 5.75 Å². The van der Waals surface area contributed by atoms with Crippen molar-refractivity contribution in [3.05, 3.63) is 64.2 Å². The quantitative estimate of drug-likeness (QED) is 0.796. The lowest BCUT2D eigenvalue weighted by Crippen LogP contribution is -2.33. The van der Waals surface area contributed by atoms with Crippen LogP contribution in [0.15, 0.2) is 42.5 Å². The highest BCUT2D eigenvalue weighted by Crippen LogP contribution is 2.25. The Labute approximate surface area is 142 Å². The Hall–Kier alpha value is -2.86. The molecule has 0 N–H and O–H groups in total. The largest absolute Gasteiger partial charge is 0.496 e. The fraction of sp³-hybridized carbons (Fsp3) is 0.118. The van der Waals surface area contributed by atoms with Crippen molar-refractivity contribution < 1.29 is 24.0 Å². The Morgan fingerprint density at radius 3 is 2.29 bits per heavy atom. The monoisotopic (exact) mass is 345 g/mol. The van der Waals surface area contributed by atoms with E-state index in [1.165, 1.54) is 19.2 Å². The summed E-state index contributed by atoms with van der Waals surface area (Å²) in [6, 6.07) is 11.1. The molecule has 0 bridgehead atoms. The number of carbonyl (C=O) groups is 3. The minimum Gasteiger partial charge on any atom is -0.496 e. The lowest BCUT2D eigenvalue weighted by atomic mass is 10.1. The van der Waals surface area contributed by atoms with E-state index >= 15 is 0 Å². The number of fused-ring (bicyclic) bond motifs is 1. The SMILES string of the molecule is COc1ccc(Cl)cc1CC(=O)ON1C(=O)c2ccccc2C1=O. The normalized spacial score (nSPS) is 13.0. The third kappa shape index (κ3) is 2.83. The van der Waals surface area contributed by atoms with Crippen LogP contribution < -0.4 is 4.74 Å². The highest BCUT2D eigenvalue weighted by atomic mass is 35.5. The van der Waals surface area contributed by atoms with Crippen LogP contribution in [0.2, 0.25) is 5.02 Å². The Kier molecular flexibility index (Phi) is 4.22. The van der Waals surface area contributed by atoms with Gasteiger partial charge >= 0.3 is 5.97 Å². The number of amides is 2. The topological polar surface area (TPSA) is 72.9 Å². The third-order valence-corrected chi connectivity index (χ3v) is 3.76. The fourth-order valence-corrected chi connectivity index (χ4v) is 2.62. The van der Waals surface area contributed by atoms with Crippen LogP contribution >= 0.6 is 11.6 Å². The summed E-state index contributed by atoms with van der Waals surface area (Å²) in [7, 11) is 1.46. The maximum atomic E-state index is 12.2. The van der Waals surface area contributed by atoms with Crippen molar-refractivity contribution in [1.82, 2.24) is 5.06 Å². The van der Waals surface area contributed by atoms with E-state index in [1.807, 2.05) is 0 Å². The van der Waals surface area contributed by atoms with Crippen molar-refractivity contribution in [2.75, 3.05) is 7.11 Å². The molecule has 0 spiro atoms. The molecule has 0 radical (unpaired) electrons. The number of hydroxylamine groups is 2. The maximum Gasteiger partial charge on any atom is 0.337 e. The van der Waals surface area contributed by atoms with Gasteiger partial charge < -0.3 is 9.57 Å². The summed E-state index contributed by atoms with van der Waals surface area (Å²) in [6.07, 6.45) is -0.197. The Balaban J connectivity index is 1.76. The second-order valence-corrected chi connectivity index (χ2v) is 5.48. The standard InChI is InChI=1S/C17H12ClNO5/c1-23-14-7-6-11(18)8-10(14)9-15(20)24-19-16(21)12-4-2-3-5-13(12)17(19)22/h2-8H,9H2,1H3. The molecule has 0 saturated carbocycles. The van der Waals surface area contributed by atoms with E-state index < -0.39 is 17.8 Å². The smallest absolute Gasteiger partial charge is 0.337 e. The molecule has 0 atom stereocenters. The van der Waals surface area contributed by atoms with Gasteiger partial charge in [0, 0.05) is 10.6 Å². The summed E-state index contributed by atoms with van der Waals surface area (Å²) >= 11 is 5.91. The fourth-order valence-electron chi connectivity index (χ4n) is 2.42. The van der Waals surface area contributed by atoms with Gasteiger partial charge in [-0.25, -0.2) is 4.79 Å². The lowest BCUT2D eigenvalue weighted by molar-refractivity contribution is -0.167. The summed E-state index contributed by atoms with van der Waals surface area (Å²) < 4.78 is 5.15. The molecule has 0 saturated heterocycles. The lowest BCUT2D eigenvalue weighted by Gasteiger charge is -2.13. The molecule has 2 amide bonds. The van der Waals surface area contributed by atoms with Crippen molar-refractivity contribution in [2.24, 2.45) is 0 Å². The highest BCUT2D eigenvalue weighted by molar-refractivity contribution is 6.30. The van der Waals surface area contributed by atoms with Gasteiger partial charge in [0.25, 0.3) is 11.8 Å². The number of benzene rings is 2. The predicted molar refractivity (Wildman–Crippen MR) is 84.7 cm³/mol. The van der Waals surface area contributed by atoms with Crippen LogP contribution in [0.25, 0.3) is 0 Å². The predicted octanol–water partition coefficient (Wildman–Crippen LogP) is 2.65. The molecule has 3 rings (SSSR count). The number of nitrogens with zero attached hydrogens (tertiary/aromatic N) is 1. The zero-order valence-corrected chi connectivity index (χ0v) is 13.4. The van der Waals surface area contributed by atoms with E-state index in [4.69, 9.17) is 21.2 Å². The van der Waals surface area contributed by atoms with E-state index in [-0.39, 0.29) is 17.5 Å². The van der Waals surface area contributed by atoms with Crippen LogP contribution in [-0.4, -0.2) is 30.0 Å². The molecule has 6 nitrogen and oxygen atoms in total. The van der Waals surface area contributed by atoms with Gasteiger partial charge in [0.05, 0.1) is 24.7 Å². The average Bonchev–Trinajstić information content (AvgIpc) is 2.80. The van der Waals surface area contributed by atoms with Crippen molar-refractivity contribution in [2.45, 2.75) is 6.42 Å². The molecular formula is C17H12ClNO5. The number of halogens is 1. The Morgan fingerprint density at radius 2 is 1.71 bits per heavy atom. The number of methoxy groups -OCH3 is 1. The van der Waals surface area contributed by atoms with Gasteiger partial charge in [-0.2, -0.15) is 0 Å². The molecule has 0 aliphatic carbocycles. The summed E-state index contributed by atoms with van der Waals surface area (Å²) in [5, 5.41) is 0.906. The zero-order chi connectivity index (χ0) is 17.3. The van der Waals surface area contributed by atoms with Crippen molar-refractivity contribution in [1.29, 1.82) is 0 Å². The maximum absolute atomic E-state index is 12.2. The van der Waals surface area contributed by atoms with Gasteiger partial charge in [-0.15, -0.1) is 0 Å². The first kappa shape index (κ1) is 16.0. The number of rotatable bonds is 4. The van der Waals surface area contributed by atoms with Gasteiger partial charge in [-0.05, 0) is 30.3 Å². The second-order valence-electron chi connectivity index (χ2n) is 5.05. The molecule has 0 fully saturated rings. The van der Waals surface area contributed by atoms with Crippen LogP contribution in [0.5, 0.6) is 5.75 Å². The minimum absolute atomic E-state index is 0.197. The van der Waals surface area contributed by atoms with Crippen LogP contribution in [-0.2, 0) is 16.1 Å². The van der Waals surface area contributed by atoms with Crippen LogP contribution in [0.1, 0.15) is 26.3 Å². The summed E-state index contributed by atoms with van der Waals surface area (Å²) in [5.41, 5.74) is 0.901. The van der Waals surface area contributed by atoms with Crippen molar-refractivity contribution in [3.63, 3.8) is 0 Å². The second kappa shape index (κ2) is 6.33. The van der Waals surface area contributed by atoms with Gasteiger partial charge in [0.1, 0.15) is 5.75 Å². The van der Waals surface area contributed by atoms with Crippen molar-refractivity contribution >= 4 is 29.4 Å². The third-order valence-electron chi connectivity index (χ3n) is 3.53. The van der Waals surface area contributed by atoms with E-state index in [1.54, 1.807) is 30.3 Å². The Bertz CT molecular complexity index is 814. The van der Waals surface area contributed by atoms with Gasteiger partial charge in [-0.1, -0.05) is 28.8 Å². The first-order valence-corrected chi connectivity index (χ1v) is 7.40. The van der Waals surface area contributed by atoms with E-state index in [2.05, 4.69) is 0 Å². The van der Waals surface area contributed by atoms with Gasteiger partial charge in [0.15, 0.2) is 0 Å². The highest BCUT2D eigenvalue weighted by Gasteiger charge is 2.38. The number of ether oxygens (including phenoxy) is 1. The van der Waals surface area contributed by atoms with E-state index in [9.17, 15) is 14.4 Å². The average molecular weight is 346 g/mol. The first-order chi connectivity index (χ1) is 11.5. The van der Waals surface area contributed by atoms with Crippen LogP contribution in [0.4, 0.5) is 0 Å². The molecule has 1 aliphatic heterocycles. The molecule has 122 valence electrons. The van der Waals surface area contributed by atoms with E-state index in [0.29, 0.717) is 21.4 Å². The van der Waals surface area contributed by atoms with Gasteiger partial charge in [-0.3, -0.25) is 9.59 Å². The number of carbonyl (C=O) groups excluding carboxylic acids is 3. The molecule has 7 heteroatoms. The van der Waals surface area contributed by atoms with Gasteiger partial charge in [0.2, 0.25) is 0 Å². The molecule has 2 aromatic carbocycles. The number of imide groups is 1. The molecule has 2 aromatic rings. The minimum atomic E-state index is -0.773. The summed E-state index contributed by atoms with van der Waals surface area (Å²) in [6.45, 7) is 0. The zero-order valence-electron chi connectivity index (χ0n) is 12.6. The number of hydrogen-bond acceptors (Lipinski definition) is 5. The Morgan fingerprint density at radius 1 is 1.08 bits per heavy atom. The molecule has 24 heavy (non-hydrogen) atoms. The molecule has 0 aromatic heterocycles. The summed E-state index contributed by atoms with van der Waals surface area (Å²) in [5.74, 6) is -1.65. The first-order valence-electron chi connectivity index (χ1n) is 7.02.